The average Bonchev–Trinajstić information content (AvgIpc) is 3.12. The summed E-state index contributed by atoms with van der Waals surface area (Å²) >= 11 is 0. The quantitative estimate of drug-likeness (QED) is 0.480. The number of alkyl halides is 3. The lowest BCUT2D eigenvalue weighted by Crippen LogP contribution is -2.44. The fraction of sp³-hybridized carbons (Fsp3) is 0.481. The van der Waals surface area contributed by atoms with E-state index in [4.69, 9.17) is 9.90 Å². The van der Waals surface area contributed by atoms with E-state index in [0.29, 0.717) is 29.9 Å². The van der Waals surface area contributed by atoms with Crippen LogP contribution >= 0.6 is 0 Å². The van der Waals surface area contributed by atoms with Crippen LogP contribution in [0.2, 0.25) is 0 Å². The number of nitrogens with zero attached hydrogens (tertiary/aromatic N) is 3. The second-order valence-electron chi connectivity index (χ2n) is 10.1. The first-order valence-electron chi connectivity index (χ1n) is 13.2. The van der Waals surface area contributed by atoms with Gasteiger partial charge in [-0.1, -0.05) is 17.7 Å². The zero-order valence-electron chi connectivity index (χ0n) is 23.3. The minimum Gasteiger partial charge on any atom is -0.475 e. The molecule has 2 aromatic rings. The van der Waals surface area contributed by atoms with Crippen molar-refractivity contribution in [1.82, 2.24) is 15.1 Å². The normalized spacial score (nSPS) is 16.8. The Kier molecular flexibility index (Phi) is 10.6. The number of benzene rings is 2. The van der Waals surface area contributed by atoms with E-state index in [0.717, 1.165) is 56.9 Å². The number of anilines is 2. The Hall–Kier alpha value is -3.36. The number of aryl methyl sites for hydroxylation is 2. The lowest BCUT2D eigenvalue weighted by Gasteiger charge is -2.31. The van der Waals surface area contributed by atoms with Gasteiger partial charge in [0.05, 0.1) is 16.3 Å². The van der Waals surface area contributed by atoms with Crippen LogP contribution in [0.4, 0.5) is 24.5 Å². The maximum absolute atomic E-state index is 13.4. The van der Waals surface area contributed by atoms with Gasteiger partial charge >= 0.3 is 12.1 Å². The van der Waals surface area contributed by atoms with Crippen molar-refractivity contribution in [3.63, 3.8) is 0 Å². The molecule has 2 fully saturated rings. The summed E-state index contributed by atoms with van der Waals surface area (Å²) in [5, 5.41) is 10.5. The van der Waals surface area contributed by atoms with Crippen molar-refractivity contribution >= 4 is 33.3 Å². The van der Waals surface area contributed by atoms with Gasteiger partial charge in [0.15, 0.2) is 0 Å². The molecule has 0 spiro atoms. The molecule has 2 saturated heterocycles. The zero-order chi connectivity index (χ0) is 30.4. The summed E-state index contributed by atoms with van der Waals surface area (Å²) in [7, 11) is -1.76. The smallest absolute Gasteiger partial charge is 0.475 e. The Balaban J connectivity index is 0.000000587. The molecular weight excluding hydrogens is 563 g/mol. The molecule has 0 atom stereocenters. The highest BCUT2D eigenvalue weighted by atomic mass is 32.2. The highest BCUT2D eigenvalue weighted by Crippen LogP contribution is 2.31. The number of piperazine rings is 1. The number of hydrogen-bond acceptors (Lipinski definition) is 7. The van der Waals surface area contributed by atoms with Gasteiger partial charge in [0.25, 0.3) is 15.9 Å². The number of carbonyl (C=O) groups is 2. The molecule has 2 aliphatic rings. The number of aliphatic carboxylic acids is 1. The topological polar surface area (TPSA) is 122 Å². The third-order valence-corrected chi connectivity index (χ3v) is 8.34. The van der Waals surface area contributed by atoms with E-state index in [2.05, 4.69) is 26.9 Å². The number of nitrogens with one attached hydrogen (secondary N) is 2. The summed E-state index contributed by atoms with van der Waals surface area (Å²) in [4.78, 5) is 28.7. The fourth-order valence-electron chi connectivity index (χ4n) is 4.67. The molecule has 2 aromatic carbocycles. The third-order valence-electron chi connectivity index (χ3n) is 6.81. The number of sulfonamides is 1. The van der Waals surface area contributed by atoms with Gasteiger partial charge in [-0.15, -0.1) is 0 Å². The molecule has 1 amide bonds. The first-order chi connectivity index (χ1) is 19.2. The Morgan fingerprint density at radius 1 is 0.951 bits per heavy atom. The van der Waals surface area contributed by atoms with Gasteiger partial charge in [-0.05, 0) is 63.7 Å². The van der Waals surface area contributed by atoms with Crippen LogP contribution in [0.25, 0.3) is 0 Å². The van der Waals surface area contributed by atoms with E-state index in [9.17, 15) is 26.4 Å². The van der Waals surface area contributed by atoms with Crippen molar-refractivity contribution in [3.05, 3.63) is 53.1 Å². The molecule has 226 valence electrons. The number of likely N-dealkylation sites (N-methyl/N-ethyl adjacent to an activating group) is 1. The summed E-state index contributed by atoms with van der Waals surface area (Å²) in [5.41, 5.74) is 3.44. The first kappa shape index (κ1) is 32.2. The SMILES string of the molecule is Cc1ccc(S(=O)(=O)Nc2cc(C(=O)N3CCCN(C)CC3)ccc2N2CCNCC2)c(C)c1.O=C(O)C(F)(F)F. The maximum atomic E-state index is 13.4. The van der Waals surface area contributed by atoms with Crippen LogP contribution in [0.15, 0.2) is 41.3 Å². The van der Waals surface area contributed by atoms with Crippen LogP contribution in [0.1, 0.15) is 27.9 Å². The minimum atomic E-state index is -5.08. The molecule has 0 aromatic heterocycles. The molecule has 0 bridgehead atoms. The Bertz CT molecular complexity index is 1350. The molecule has 2 heterocycles. The number of carbonyl (C=O) groups excluding carboxylic acids is 1. The van der Waals surface area contributed by atoms with Crippen molar-refractivity contribution in [2.75, 3.05) is 69.0 Å². The molecule has 0 unspecified atom stereocenters. The molecule has 10 nitrogen and oxygen atoms in total. The van der Waals surface area contributed by atoms with Gasteiger partial charge in [-0.3, -0.25) is 9.52 Å². The van der Waals surface area contributed by atoms with Crippen molar-refractivity contribution in [2.45, 2.75) is 31.3 Å². The monoisotopic (exact) mass is 599 g/mol. The second kappa shape index (κ2) is 13.5. The number of rotatable bonds is 5. The van der Waals surface area contributed by atoms with Crippen LogP contribution in [-0.4, -0.2) is 101 Å². The minimum absolute atomic E-state index is 0.0610. The van der Waals surface area contributed by atoms with Crippen LogP contribution in [-0.2, 0) is 14.8 Å². The second-order valence-corrected chi connectivity index (χ2v) is 11.7. The highest BCUT2D eigenvalue weighted by Gasteiger charge is 2.38. The van der Waals surface area contributed by atoms with Crippen molar-refractivity contribution in [1.29, 1.82) is 0 Å². The summed E-state index contributed by atoms with van der Waals surface area (Å²) < 4.78 is 61.3. The van der Waals surface area contributed by atoms with Gasteiger partial charge in [0, 0.05) is 51.4 Å². The van der Waals surface area contributed by atoms with E-state index in [1.807, 2.05) is 30.0 Å². The molecular formula is C27H36F3N5O5S. The van der Waals surface area contributed by atoms with Crippen molar-refractivity contribution in [2.24, 2.45) is 0 Å². The van der Waals surface area contributed by atoms with Gasteiger partial charge in [0.1, 0.15) is 0 Å². The number of halogens is 3. The zero-order valence-corrected chi connectivity index (χ0v) is 24.1. The molecule has 4 rings (SSSR count). The summed E-state index contributed by atoms with van der Waals surface area (Å²) in [5.74, 6) is -2.82. The number of hydrogen-bond donors (Lipinski definition) is 3. The van der Waals surface area contributed by atoms with Crippen LogP contribution in [0.5, 0.6) is 0 Å². The summed E-state index contributed by atoms with van der Waals surface area (Å²) in [6.07, 6.45) is -4.16. The molecule has 0 saturated carbocycles. The molecule has 2 aliphatic heterocycles. The predicted molar refractivity (Wildman–Crippen MR) is 150 cm³/mol. The standard InChI is InChI=1S/C25H35N5O3S.C2HF3O2/c1-19-5-8-24(20(2)17-19)34(32,33)27-22-18-21(6-7-23(22)29-13-9-26-10-14-29)25(31)30-12-4-11-28(3)15-16-30;3-2(4,5)1(6)7/h5-8,17-18,26-27H,4,9-16H2,1-3H3;(H,6,7). The lowest BCUT2D eigenvalue weighted by molar-refractivity contribution is -0.192. The molecule has 14 heteroatoms. The Morgan fingerprint density at radius 2 is 1.61 bits per heavy atom. The van der Waals surface area contributed by atoms with Crippen LogP contribution in [0, 0.1) is 13.8 Å². The molecule has 41 heavy (non-hydrogen) atoms. The average molecular weight is 600 g/mol. The van der Waals surface area contributed by atoms with E-state index in [-0.39, 0.29) is 10.8 Å². The van der Waals surface area contributed by atoms with Crippen LogP contribution in [0.3, 0.4) is 0 Å². The first-order valence-corrected chi connectivity index (χ1v) is 14.6. The summed E-state index contributed by atoms with van der Waals surface area (Å²) in [6, 6.07) is 10.7. The van der Waals surface area contributed by atoms with Gasteiger partial charge in [-0.25, -0.2) is 13.2 Å². The fourth-order valence-corrected chi connectivity index (χ4v) is 5.96. The molecule has 3 N–H and O–H groups in total. The van der Waals surface area contributed by atoms with E-state index in [1.165, 1.54) is 0 Å². The highest BCUT2D eigenvalue weighted by molar-refractivity contribution is 7.92. The Morgan fingerprint density at radius 3 is 2.22 bits per heavy atom. The van der Waals surface area contributed by atoms with Gasteiger partial charge in [0.2, 0.25) is 0 Å². The van der Waals surface area contributed by atoms with E-state index >= 15 is 0 Å². The van der Waals surface area contributed by atoms with Gasteiger partial charge < -0.3 is 25.1 Å². The predicted octanol–water partition coefficient (Wildman–Crippen LogP) is 2.92. The van der Waals surface area contributed by atoms with E-state index < -0.39 is 22.2 Å². The third kappa shape index (κ3) is 8.81. The largest absolute Gasteiger partial charge is 0.490 e. The summed E-state index contributed by atoms with van der Waals surface area (Å²) in [6.45, 7) is 10.1. The molecule has 0 radical (unpaired) electrons. The van der Waals surface area contributed by atoms with Crippen molar-refractivity contribution in [3.8, 4) is 0 Å². The molecule has 0 aliphatic carbocycles. The Labute approximate surface area is 238 Å². The van der Waals surface area contributed by atoms with Crippen molar-refractivity contribution < 1.29 is 36.3 Å². The number of amides is 1. The number of carboxylic acids is 1. The maximum Gasteiger partial charge on any atom is 0.490 e. The lowest BCUT2D eigenvalue weighted by atomic mass is 10.1. The van der Waals surface area contributed by atoms with Crippen LogP contribution < -0.4 is 14.9 Å². The van der Waals surface area contributed by atoms with Gasteiger partial charge in [-0.2, -0.15) is 13.2 Å². The number of carboxylic acid groups (broad SMARTS) is 1. The van der Waals surface area contributed by atoms with E-state index in [1.54, 1.807) is 25.1 Å².